The third-order valence-corrected chi connectivity index (χ3v) is 3.04. The summed E-state index contributed by atoms with van der Waals surface area (Å²) < 4.78 is 43.0. The van der Waals surface area contributed by atoms with E-state index in [2.05, 4.69) is 4.74 Å². The number of carbonyl (C=O) groups is 1. The molecular weight excluding hydrogens is 259 g/mol. The first-order chi connectivity index (χ1) is 8.91. The molecule has 1 aromatic carbocycles. The Hall–Kier alpha value is -1.56. The molecule has 0 atom stereocenters. The summed E-state index contributed by atoms with van der Waals surface area (Å²) in [5, 5.41) is 0. The zero-order valence-electron chi connectivity index (χ0n) is 10.4. The first-order valence-corrected chi connectivity index (χ1v) is 5.92. The molecule has 0 aromatic heterocycles. The van der Waals surface area contributed by atoms with Crippen LogP contribution >= 0.6 is 0 Å². The maximum atomic E-state index is 12.8. The number of rotatable bonds is 4. The molecule has 0 amide bonds. The molecule has 0 saturated heterocycles. The van der Waals surface area contributed by atoms with E-state index in [0.29, 0.717) is 28.9 Å². The van der Waals surface area contributed by atoms with Gasteiger partial charge in [0.2, 0.25) is 0 Å². The van der Waals surface area contributed by atoms with Crippen molar-refractivity contribution >= 4 is 5.97 Å². The van der Waals surface area contributed by atoms with Crippen LogP contribution in [0.5, 0.6) is 0 Å². The first-order valence-electron chi connectivity index (χ1n) is 5.92. The Balaban J connectivity index is 2.08. The molecule has 0 bridgehead atoms. The molecule has 0 radical (unpaired) electrons. The molecule has 1 saturated carbocycles. The van der Waals surface area contributed by atoms with Gasteiger partial charge in [0, 0.05) is 12.6 Å². The van der Waals surface area contributed by atoms with E-state index in [1.807, 2.05) is 0 Å². The molecule has 0 aliphatic heterocycles. The van der Waals surface area contributed by atoms with Crippen LogP contribution in [0.4, 0.5) is 13.2 Å². The monoisotopic (exact) mass is 273 g/mol. The molecule has 0 unspecified atom stereocenters. The summed E-state index contributed by atoms with van der Waals surface area (Å²) >= 11 is 0. The molecule has 3 nitrogen and oxygen atoms in total. The molecule has 0 N–H and O–H groups in total. The van der Waals surface area contributed by atoms with E-state index in [1.165, 1.54) is 31.4 Å². The van der Waals surface area contributed by atoms with Crippen molar-refractivity contribution in [1.29, 1.82) is 0 Å². The van der Waals surface area contributed by atoms with Crippen LogP contribution in [0.1, 0.15) is 28.8 Å². The second kappa shape index (κ2) is 5.21. The fraction of sp³-hybridized carbons (Fsp3) is 0.462. The number of halogens is 3. The van der Waals surface area contributed by atoms with E-state index in [0.717, 1.165) is 0 Å². The van der Waals surface area contributed by atoms with Gasteiger partial charge in [-0.3, -0.25) is 0 Å². The second-order valence-electron chi connectivity index (χ2n) is 4.52. The van der Waals surface area contributed by atoms with Gasteiger partial charge in [0.15, 0.2) is 0 Å². The number of methoxy groups -OCH3 is 1. The molecule has 1 aliphatic rings. The lowest BCUT2D eigenvalue weighted by molar-refractivity contribution is -0.253. The fourth-order valence-electron chi connectivity index (χ4n) is 1.87. The Morgan fingerprint density at radius 1 is 1.32 bits per heavy atom. The van der Waals surface area contributed by atoms with E-state index in [1.54, 1.807) is 0 Å². The van der Waals surface area contributed by atoms with Crippen LogP contribution in [0.25, 0.3) is 0 Å². The van der Waals surface area contributed by atoms with E-state index >= 15 is 0 Å². The molecule has 2 rings (SSSR count). The van der Waals surface area contributed by atoms with Crippen LogP contribution in [-0.2, 0) is 11.3 Å². The quantitative estimate of drug-likeness (QED) is 0.624. The summed E-state index contributed by atoms with van der Waals surface area (Å²) in [7, 11) is 1.26. The lowest BCUT2D eigenvalue weighted by Crippen LogP contribution is -2.39. The molecule has 19 heavy (non-hydrogen) atoms. The number of nitrogens with zero attached hydrogens (tertiary/aromatic N) is 1. The van der Waals surface area contributed by atoms with Crippen LogP contribution in [-0.4, -0.2) is 30.3 Å². The van der Waals surface area contributed by atoms with Crippen LogP contribution in [0.2, 0.25) is 0 Å². The number of hydrogen-bond donors (Lipinski definition) is 0. The van der Waals surface area contributed by atoms with Crippen LogP contribution in [0.15, 0.2) is 24.3 Å². The minimum absolute atomic E-state index is 0.185. The van der Waals surface area contributed by atoms with Crippen LogP contribution in [0.3, 0.4) is 0 Å². The summed E-state index contributed by atoms with van der Waals surface area (Å²) in [5.74, 6) is -0.499. The Morgan fingerprint density at radius 2 is 1.89 bits per heavy atom. The molecule has 1 aliphatic carbocycles. The fourth-order valence-corrected chi connectivity index (χ4v) is 1.87. The normalized spacial score (nSPS) is 15.6. The minimum atomic E-state index is -4.32. The standard InChI is InChI=1S/C13H14F3NO2/c1-19-12(18)10-4-2-9(3-5-10)8-17(11-6-7-11)13(14,15)16/h2-5,11H,6-8H2,1H3. The van der Waals surface area contributed by atoms with Crippen molar-refractivity contribution in [1.82, 2.24) is 4.90 Å². The van der Waals surface area contributed by atoms with Crippen LogP contribution < -0.4 is 0 Å². The second-order valence-corrected chi connectivity index (χ2v) is 4.52. The van der Waals surface area contributed by atoms with Gasteiger partial charge in [-0.2, -0.15) is 13.2 Å². The molecule has 6 heteroatoms. The largest absolute Gasteiger partial charge is 0.465 e. The van der Waals surface area contributed by atoms with Crippen molar-refractivity contribution in [3.05, 3.63) is 35.4 Å². The highest BCUT2D eigenvalue weighted by Gasteiger charge is 2.45. The van der Waals surface area contributed by atoms with E-state index in [9.17, 15) is 18.0 Å². The van der Waals surface area contributed by atoms with Crippen molar-refractivity contribution in [2.45, 2.75) is 31.7 Å². The van der Waals surface area contributed by atoms with Gasteiger partial charge >= 0.3 is 12.3 Å². The number of esters is 1. The van der Waals surface area contributed by atoms with Crippen molar-refractivity contribution in [2.24, 2.45) is 0 Å². The van der Waals surface area contributed by atoms with Gasteiger partial charge in [0.05, 0.1) is 12.7 Å². The van der Waals surface area contributed by atoms with Gasteiger partial charge < -0.3 is 4.74 Å². The van der Waals surface area contributed by atoms with Gasteiger partial charge in [-0.05, 0) is 30.5 Å². The molecule has 1 aromatic rings. The van der Waals surface area contributed by atoms with Gasteiger partial charge in [-0.25, -0.2) is 9.69 Å². The third-order valence-electron chi connectivity index (χ3n) is 3.04. The first kappa shape index (κ1) is 13.9. The topological polar surface area (TPSA) is 29.5 Å². The Kier molecular flexibility index (Phi) is 3.80. The van der Waals surface area contributed by atoms with E-state index in [-0.39, 0.29) is 6.54 Å². The molecular formula is C13H14F3NO2. The smallest absolute Gasteiger partial charge is 0.460 e. The number of carbonyl (C=O) groups excluding carboxylic acids is 1. The highest BCUT2D eigenvalue weighted by Crippen LogP contribution is 2.36. The number of alkyl halides is 3. The SMILES string of the molecule is COC(=O)c1ccc(CN(C2CC2)C(F)(F)F)cc1. The van der Waals surface area contributed by atoms with Crippen LogP contribution in [0, 0.1) is 0 Å². The molecule has 0 heterocycles. The maximum Gasteiger partial charge on any atom is 0.460 e. The number of hydrogen-bond acceptors (Lipinski definition) is 3. The van der Waals surface area contributed by atoms with Crippen molar-refractivity contribution < 1.29 is 22.7 Å². The predicted octanol–water partition coefficient (Wildman–Crippen LogP) is 2.96. The van der Waals surface area contributed by atoms with E-state index in [4.69, 9.17) is 0 Å². The van der Waals surface area contributed by atoms with Gasteiger partial charge in [0.1, 0.15) is 0 Å². The summed E-state index contributed by atoms with van der Waals surface area (Å²) in [4.78, 5) is 11.8. The third kappa shape index (κ3) is 3.47. The summed E-state index contributed by atoms with van der Waals surface area (Å²) in [6.45, 7) is -0.185. The number of ether oxygens (including phenoxy) is 1. The summed E-state index contributed by atoms with van der Waals surface area (Å²) in [6, 6.07) is 5.59. The Labute approximate surface area is 109 Å². The number of benzene rings is 1. The van der Waals surface area contributed by atoms with Gasteiger partial charge in [0.25, 0.3) is 0 Å². The average molecular weight is 273 g/mol. The highest BCUT2D eigenvalue weighted by molar-refractivity contribution is 5.89. The summed E-state index contributed by atoms with van der Waals surface area (Å²) in [5.41, 5.74) is 0.855. The minimum Gasteiger partial charge on any atom is -0.465 e. The highest BCUT2D eigenvalue weighted by atomic mass is 19.4. The van der Waals surface area contributed by atoms with Crippen molar-refractivity contribution in [3.8, 4) is 0 Å². The maximum absolute atomic E-state index is 12.8. The average Bonchev–Trinajstić information content (AvgIpc) is 3.18. The van der Waals surface area contributed by atoms with Gasteiger partial charge in [-0.1, -0.05) is 12.1 Å². The lowest BCUT2D eigenvalue weighted by atomic mass is 10.1. The molecule has 104 valence electrons. The lowest BCUT2D eigenvalue weighted by Gasteiger charge is -2.24. The molecule has 0 spiro atoms. The van der Waals surface area contributed by atoms with Crippen molar-refractivity contribution in [3.63, 3.8) is 0 Å². The zero-order chi connectivity index (χ0) is 14.0. The van der Waals surface area contributed by atoms with Crippen molar-refractivity contribution in [2.75, 3.05) is 7.11 Å². The van der Waals surface area contributed by atoms with Gasteiger partial charge in [-0.15, -0.1) is 0 Å². The molecule has 1 fully saturated rings. The Bertz CT molecular complexity index is 452. The predicted molar refractivity (Wildman–Crippen MR) is 62.4 cm³/mol. The summed E-state index contributed by atoms with van der Waals surface area (Å²) in [6.07, 6.45) is -3.15. The Morgan fingerprint density at radius 3 is 2.32 bits per heavy atom. The zero-order valence-corrected chi connectivity index (χ0v) is 10.4. The van der Waals surface area contributed by atoms with E-state index < -0.39 is 18.3 Å².